The number of ether oxygens (including phenoxy) is 1. The Morgan fingerprint density at radius 2 is 1.92 bits per heavy atom. The molecule has 0 spiro atoms. The average molecular weight is 180 g/mol. The van der Waals surface area contributed by atoms with Crippen LogP contribution in [0.5, 0.6) is 11.5 Å². The van der Waals surface area contributed by atoms with E-state index in [4.69, 9.17) is 4.74 Å². The van der Waals surface area contributed by atoms with Gasteiger partial charge in [0.05, 0.1) is 7.11 Å². The van der Waals surface area contributed by atoms with Crippen molar-refractivity contribution in [2.24, 2.45) is 0 Å². The number of rotatable bonds is 2. The highest BCUT2D eigenvalue weighted by atomic mass is 16.5. The standard InChI is InChI=1S/C11H16O2/c1-7(2)11-9(12)5-8(3)6-10(11)13-4/h5-7,12H,1-4H3. The molecule has 0 aromatic heterocycles. The fourth-order valence-corrected chi connectivity index (χ4v) is 1.49. The Hall–Kier alpha value is -1.18. The zero-order valence-electron chi connectivity index (χ0n) is 8.59. The lowest BCUT2D eigenvalue weighted by Gasteiger charge is -2.14. The monoisotopic (exact) mass is 180 g/mol. The molecule has 2 nitrogen and oxygen atoms in total. The van der Waals surface area contributed by atoms with Crippen LogP contribution in [0.3, 0.4) is 0 Å². The van der Waals surface area contributed by atoms with Crippen molar-refractivity contribution in [3.63, 3.8) is 0 Å². The maximum absolute atomic E-state index is 9.69. The van der Waals surface area contributed by atoms with Crippen LogP contribution in [0.25, 0.3) is 0 Å². The second-order valence-corrected chi connectivity index (χ2v) is 3.55. The Balaban J connectivity index is 3.30. The fourth-order valence-electron chi connectivity index (χ4n) is 1.49. The number of benzene rings is 1. The zero-order chi connectivity index (χ0) is 10.0. The lowest BCUT2D eigenvalue weighted by molar-refractivity contribution is 0.396. The van der Waals surface area contributed by atoms with Gasteiger partial charge in [-0.2, -0.15) is 0 Å². The molecule has 0 atom stereocenters. The highest BCUT2D eigenvalue weighted by molar-refractivity contribution is 5.48. The molecule has 1 rings (SSSR count). The molecule has 2 heteroatoms. The molecule has 0 saturated heterocycles. The van der Waals surface area contributed by atoms with Crippen molar-refractivity contribution in [2.45, 2.75) is 26.7 Å². The molecule has 0 aliphatic heterocycles. The predicted molar refractivity (Wildman–Crippen MR) is 53.5 cm³/mol. The van der Waals surface area contributed by atoms with Crippen molar-refractivity contribution in [2.75, 3.05) is 7.11 Å². The number of phenols is 1. The van der Waals surface area contributed by atoms with Gasteiger partial charge in [-0.1, -0.05) is 13.8 Å². The summed E-state index contributed by atoms with van der Waals surface area (Å²) in [5.74, 6) is 1.37. The molecule has 0 radical (unpaired) electrons. The first-order valence-electron chi connectivity index (χ1n) is 4.43. The van der Waals surface area contributed by atoms with Crippen LogP contribution in [-0.2, 0) is 0 Å². The molecule has 13 heavy (non-hydrogen) atoms. The summed E-state index contributed by atoms with van der Waals surface area (Å²) in [5, 5.41) is 9.69. The van der Waals surface area contributed by atoms with E-state index in [-0.39, 0.29) is 5.92 Å². The van der Waals surface area contributed by atoms with Crippen molar-refractivity contribution in [3.05, 3.63) is 23.3 Å². The third-order valence-corrected chi connectivity index (χ3v) is 2.06. The molecule has 0 aliphatic rings. The summed E-state index contributed by atoms with van der Waals surface area (Å²) in [6.45, 7) is 6.01. The van der Waals surface area contributed by atoms with Gasteiger partial charge in [-0.25, -0.2) is 0 Å². The summed E-state index contributed by atoms with van der Waals surface area (Å²) in [5.41, 5.74) is 1.90. The summed E-state index contributed by atoms with van der Waals surface area (Å²) in [6.07, 6.45) is 0. The summed E-state index contributed by atoms with van der Waals surface area (Å²) in [4.78, 5) is 0. The predicted octanol–water partition coefficient (Wildman–Crippen LogP) is 2.83. The van der Waals surface area contributed by atoms with Crippen molar-refractivity contribution in [1.82, 2.24) is 0 Å². The minimum absolute atomic E-state index is 0.274. The van der Waals surface area contributed by atoms with Crippen LogP contribution < -0.4 is 4.74 Å². The molecule has 0 unspecified atom stereocenters. The number of phenolic OH excluding ortho intramolecular Hbond substituents is 1. The van der Waals surface area contributed by atoms with Gasteiger partial charge in [0.15, 0.2) is 0 Å². The van der Waals surface area contributed by atoms with Crippen molar-refractivity contribution in [3.8, 4) is 11.5 Å². The normalized spacial score (nSPS) is 10.5. The second kappa shape index (κ2) is 3.69. The van der Waals surface area contributed by atoms with E-state index in [2.05, 4.69) is 0 Å². The first kappa shape index (κ1) is 9.90. The summed E-state index contributed by atoms with van der Waals surface area (Å²) >= 11 is 0. The molecule has 1 N–H and O–H groups in total. The van der Waals surface area contributed by atoms with Crippen molar-refractivity contribution in [1.29, 1.82) is 0 Å². The maximum Gasteiger partial charge on any atom is 0.126 e. The van der Waals surface area contributed by atoms with Gasteiger partial charge in [0.25, 0.3) is 0 Å². The van der Waals surface area contributed by atoms with E-state index in [1.807, 2.05) is 26.8 Å². The number of aromatic hydroxyl groups is 1. The Morgan fingerprint density at radius 3 is 2.38 bits per heavy atom. The molecule has 0 amide bonds. The lowest BCUT2D eigenvalue weighted by atomic mass is 9.99. The number of aryl methyl sites for hydroxylation is 1. The summed E-state index contributed by atoms with van der Waals surface area (Å²) < 4.78 is 5.21. The Kier molecular flexibility index (Phi) is 2.81. The van der Waals surface area contributed by atoms with Gasteiger partial charge in [0.1, 0.15) is 11.5 Å². The number of methoxy groups -OCH3 is 1. The van der Waals surface area contributed by atoms with Crippen LogP contribution in [0, 0.1) is 6.92 Å². The summed E-state index contributed by atoms with van der Waals surface area (Å²) in [6, 6.07) is 3.70. The maximum atomic E-state index is 9.69. The molecule has 1 aromatic carbocycles. The largest absolute Gasteiger partial charge is 0.508 e. The molecule has 0 heterocycles. The molecule has 0 saturated carbocycles. The molecule has 0 aliphatic carbocycles. The Labute approximate surface area is 79.2 Å². The van der Waals surface area contributed by atoms with Crippen molar-refractivity contribution < 1.29 is 9.84 Å². The van der Waals surface area contributed by atoms with E-state index in [0.717, 1.165) is 16.9 Å². The van der Waals surface area contributed by atoms with Crippen LogP contribution in [0.15, 0.2) is 12.1 Å². The SMILES string of the molecule is COc1cc(C)cc(O)c1C(C)C. The smallest absolute Gasteiger partial charge is 0.126 e. The quantitative estimate of drug-likeness (QED) is 0.758. The van der Waals surface area contributed by atoms with Crippen LogP contribution in [0.1, 0.15) is 30.9 Å². The van der Waals surface area contributed by atoms with Crippen molar-refractivity contribution >= 4 is 0 Å². The second-order valence-electron chi connectivity index (χ2n) is 3.55. The first-order chi connectivity index (χ1) is 6.06. The van der Waals surface area contributed by atoms with Gasteiger partial charge in [-0.15, -0.1) is 0 Å². The van der Waals surface area contributed by atoms with E-state index >= 15 is 0 Å². The van der Waals surface area contributed by atoms with Gasteiger partial charge < -0.3 is 9.84 Å². The van der Waals surface area contributed by atoms with Gasteiger partial charge >= 0.3 is 0 Å². The molecule has 0 bridgehead atoms. The van der Waals surface area contributed by atoms with E-state index in [9.17, 15) is 5.11 Å². The first-order valence-corrected chi connectivity index (χ1v) is 4.43. The minimum Gasteiger partial charge on any atom is -0.508 e. The highest BCUT2D eigenvalue weighted by Crippen LogP contribution is 2.35. The lowest BCUT2D eigenvalue weighted by Crippen LogP contribution is -1.95. The topological polar surface area (TPSA) is 29.5 Å². The van der Waals surface area contributed by atoms with Crippen LogP contribution >= 0.6 is 0 Å². The minimum atomic E-state index is 0.274. The van der Waals surface area contributed by atoms with E-state index in [1.165, 1.54) is 0 Å². The molecule has 0 fully saturated rings. The third kappa shape index (κ3) is 1.94. The van der Waals surface area contributed by atoms with Gasteiger partial charge in [0, 0.05) is 5.56 Å². The molecular formula is C11H16O2. The number of hydrogen-bond acceptors (Lipinski definition) is 2. The van der Waals surface area contributed by atoms with Crippen LogP contribution in [0.4, 0.5) is 0 Å². The van der Waals surface area contributed by atoms with Crippen LogP contribution in [-0.4, -0.2) is 12.2 Å². The molecule has 72 valence electrons. The van der Waals surface area contributed by atoms with Gasteiger partial charge in [-0.05, 0) is 30.5 Å². The zero-order valence-corrected chi connectivity index (χ0v) is 8.59. The third-order valence-electron chi connectivity index (χ3n) is 2.06. The van der Waals surface area contributed by atoms with Gasteiger partial charge in [0.2, 0.25) is 0 Å². The Morgan fingerprint density at radius 1 is 1.31 bits per heavy atom. The van der Waals surface area contributed by atoms with Crippen LogP contribution in [0.2, 0.25) is 0 Å². The molecular weight excluding hydrogens is 164 g/mol. The van der Waals surface area contributed by atoms with Gasteiger partial charge in [-0.3, -0.25) is 0 Å². The Bertz CT molecular complexity index is 303. The molecule has 1 aromatic rings. The van der Waals surface area contributed by atoms with E-state index < -0.39 is 0 Å². The highest BCUT2D eigenvalue weighted by Gasteiger charge is 2.12. The summed E-state index contributed by atoms with van der Waals surface area (Å²) in [7, 11) is 1.63. The van der Waals surface area contributed by atoms with E-state index in [0.29, 0.717) is 5.75 Å². The average Bonchev–Trinajstić information content (AvgIpc) is 2.01. The van der Waals surface area contributed by atoms with E-state index in [1.54, 1.807) is 13.2 Å². The number of hydrogen-bond donors (Lipinski definition) is 1. The fraction of sp³-hybridized carbons (Fsp3) is 0.455.